The largest absolute Gasteiger partial charge is 0.465 e. The molecular weight excluding hydrogens is 330 g/mol. The first-order valence-corrected chi connectivity index (χ1v) is 9.40. The number of benzene rings is 1. The van der Waals surface area contributed by atoms with Crippen molar-refractivity contribution < 1.29 is 19.1 Å². The van der Waals surface area contributed by atoms with Crippen molar-refractivity contribution in [1.29, 1.82) is 0 Å². The Morgan fingerprint density at radius 2 is 2.15 bits per heavy atom. The fourth-order valence-electron chi connectivity index (χ4n) is 4.39. The molecule has 0 aliphatic carbocycles. The van der Waals surface area contributed by atoms with E-state index in [9.17, 15) is 9.59 Å². The maximum Gasteiger partial charge on any atom is 0.312 e. The second-order valence-corrected chi connectivity index (χ2v) is 7.83. The zero-order valence-corrected chi connectivity index (χ0v) is 15.5. The zero-order chi connectivity index (χ0) is 18.5. The fraction of sp³-hybridized carbons (Fsp3) is 0.524. The van der Waals surface area contributed by atoms with Gasteiger partial charge in [-0.05, 0) is 24.0 Å². The van der Waals surface area contributed by atoms with Crippen molar-refractivity contribution in [3.05, 3.63) is 42.0 Å². The molecule has 1 aromatic carbocycles. The van der Waals surface area contributed by atoms with Crippen LogP contribution in [0.1, 0.15) is 26.3 Å². The minimum absolute atomic E-state index is 0.0377. The Morgan fingerprint density at radius 3 is 2.88 bits per heavy atom. The van der Waals surface area contributed by atoms with Crippen LogP contribution in [0.25, 0.3) is 0 Å². The molecule has 2 saturated heterocycles. The number of esters is 1. The summed E-state index contributed by atoms with van der Waals surface area (Å²) in [5, 5.41) is 0. The number of hydrogen-bond acceptors (Lipinski definition) is 4. The molecule has 5 nitrogen and oxygen atoms in total. The molecule has 138 valence electrons. The van der Waals surface area contributed by atoms with Crippen LogP contribution in [-0.4, -0.2) is 36.7 Å². The third kappa shape index (κ3) is 2.49. The highest BCUT2D eigenvalue weighted by molar-refractivity contribution is 6.03. The van der Waals surface area contributed by atoms with Crippen LogP contribution in [-0.2, 0) is 25.5 Å². The van der Waals surface area contributed by atoms with Gasteiger partial charge in [-0.3, -0.25) is 9.59 Å². The van der Waals surface area contributed by atoms with E-state index in [2.05, 4.69) is 6.92 Å². The minimum atomic E-state index is -0.704. The number of fused-ring (bicyclic) bond motifs is 1. The third-order valence-corrected chi connectivity index (χ3v) is 5.59. The Bertz CT molecular complexity index is 771. The Kier molecular flexibility index (Phi) is 4.14. The fourth-order valence-corrected chi connectivity index (χ4v) is 4.39. The summed E-state index contributed by atoms with van der Waals surface area (Å²) in [4.78, 5) is 27.8. The van der Waals surface area contributed by atoms with E-state index in [1.807, 2.05) is 50.3 Å². The second kappa shape index (κ2) is 6.23. The molecule has 1 aromatic rings. The first kappa shape index (κ1) is 17.3. The highest BCUT2D eigenvalue weighted by atomic mass is 16.6. The lowest BCUT2D eigenvalue weighted by atomic mass is 9.77. The highest BCUT2D eigenvalue weighted by Gasteiger charge is 2.67. The van der Waals surface area contributed by atoms with Gasteiger partial charge in [-0.1, -0.05) is 51.1 Å². The number of carbonyl (C=O) groups excluding carboxylic acids is 2. The van der Waals surface area contributed by atoms with Gasteiger partial charge < -0.3 is 14.4 Å². The Morgan fingerprint density at radius 1 is 1.38 bits per heavy atom. The normalized spacial score (nSPS) is 31.8. The molecule has 2 bridgehead atoms. The molecule has 1 amide bonds. The van der Waals surface area contributed by atoms with Gasteiger partial charge in [0.2, 0.25) is 5.91 Å². The third-order valence-electron chi connectivity index (χ3n) is 5.59. The van der Waals surface area contributed by atoms with Crippen LogP contribution in [0.4, 0.5) is 5.69 Å². The molecule has 0 N–H and O–H groups in total. The van der Waals surface area contributed by atoms with Gasteiger partial charge in [0.15, 0.2) is 0 Å². The molecule has 0 unspecified atom stereocenters. The van der Waals surface area contributed by atoms with Crippen molar-refractivity contribution in [3.63, 3.8) is 0 Å². The summed E-state index contributed by atoms with van der Waals surface area (Å²) in [5.74, 6) is -1.15. The van der Waals surface area contributed by atoms with E-state index in [4.69, 9.17) is 9.47 Å². The molecule has 4 atom stereocenters. The van der Waals surface area contributed by atoms with Crippen LogP contribution in [0.15, 0.2) is 36.4 Å². The monoisotopic (exact) mass is 355 g/mol. The van der Waals surface area contributed by atoms with Crippen LogP contribution < -0.4 is 4.90 Å². The Labute approximate surface area is 154 Å². The van der Waals surface area contributed by atoms with E-state index >= 15 is 0 Å². The topological polar surface area (TPSA) is 55.8 Å². The molecule has 5 heteroatoms. The number of anilines is 1. The van der Waals surface area contributed by atoms with Gasteiger partial charge in [0, 0.05) is 5.69 Å². The molecule has 3 aliphatic rings. The van der Waals surface area contributed by atoms with E-state index < -0.39 is 17.4 Å². The van der Waals surface area contributed by atoms with Crippen LogP contribution in [0.2, 0.25) is 0 Å². The molecule has 3 heterocycles. The first-order chi connectivity index (χ1) is 12.5. The molecule has 4 rings (SSSR count). The average Bonchev–Trinajstić information content (AvgIpc) is 3.28. The predicted octanol–water partition coefficient (Wildman–Crippen LogP) is 2.73. The number of nitrogens with zero attached hydrogens (tertiary/aromatic N) is 1. The summed E-state index contributed by atoms with van der Waals surface area (Å²) in [7, 11) is 0. The van der Waals surface area contributed by atoms with Crippen molar-refractivity contribution in [1.82, 2.24) is 0 Å². The summed E-state index contributed by atoms with van der Waals surface area (Å²) in [6, 6.07) is 7.93. The quantitative estimate of drug-likeness (QED) is 0.602. The predicted molar refractivity (Wildman–Crippen MR) is 97.7 cm³/mol. The van der Waals surface area contributed by atoms with E-state index in [1.54, 1.807) is 4.90 Å². The van der Waals surface area contributed by atoms with E-state index in [-0.39, 0.29) is 23.9 Å². The number of carbonyl (C=O) groups is 2. The molecule has 1 spiro atoms. The summed E-state index contributed by atoms with van der Waals surface area (Å²) < 4.78 is 11.6. The lowest BCUT2D eigenvalue weighted by Crippen LogP contribution is -2.40. The smallest absolute Gasteiger partial charge is 0.312 e. The van der Waals surface area contributed by atoms with Crippen molar-refractivity contribution in [2.75, 3.05) is 18.1 Å². The summed E-state index contributed by atoms with van der Waals surface area (Å²) in [6.07, 6.45) is 4.38. The van der Waals surface area contributed by atoms with E-state index in [1.165, 1.54) is 0 Å². The van der Waals surface area contributed by atoms with Gasteiger partial charge in [0.05, 0.1) is 25.2 Å². The molecule has 0 saturated carbocycles. The SMILES string of the molecule is CCc1ccccc1N1C[C@@]23C=C[C@@H](O2)[C@@H](C(=O)OCC(C)C)[C@@H]3C1=O. The summed E-state index contributed by atoms with van der Waals surface area (Å²) in [5.41, 5.74) is 1.33. The molecule has 2 fully saturated rings. The van der Waals surface area contributed by atoms with Gasteiger partial charge in [-0.15, -0.1) is 0 Å². The number of para-hydroxylation sites is 1. The zero-order valence-electron chi connectivity index (χ0n) is 15.5. The van der Waals surface area contributed by atoms with Gasteiger partial charge in [0.1, 0.15) is 11.5 Å². The van der Waals surface area contributed by atoms with Gasteiger partial charge in [-0.25, -0.2) is 0 Å². The lowest BCUT2D eigenvalue weighted by Gasteiger charge is -2.23. The van der Waals surface area contributed by atoms with Crippen LogP contribution in [0.5, 0.6) is 0 Å². The minimum Gasteiger partial charge on any atom is -0.465 e. The van der Waals surface area contributed by atoms with E-state index in [0.29, 0.717) is 13.2 Å². The highest BCUT2D eigenvalue weighted by Crippen LogP contribution is 2.53. The summed E-state index contributed by atoms with van der Waals surface area (Å²) >= 11 is 0. The molecule has 3 aliphatic heterocycles. The van der Waals surface area contributed by atoms with Crippen molar-refractivity contribution >= 4 is 17.6 Å². The number of rotatable bonds is 5. The molecule has 26 heavy (non-hydrogen) atoms. The first-order valence-electron chi connectivity index (χ1n) is 9.40. The number of ether oxygens (including phenoxy) is 2. The molecule has 0 radical (unpaired) electrons. The maximum absolute atomic E-state index is 13.3. The number of aryl methyl sites for hydroxylation is 1. The Hall–Kier alpha value is -2.14. The van der Waals surface area contributed by atoms with Crippen LogP contribution in [0, 0.1) is 17.8 Å². The van der Waals surface area contributed by atoms with Gasteiger partial charge in [-0.2, -0.15) is 0 Å². The van der Waals surface area contributed by atoms with Crippen molar-refractivity contribution in [2.45, 2.75) is 38.9 Å². The maximum atomic E-state index is 13.3. The van der Waals surface area contributed by atoms with Crippen molar-refractivity contribution in [2.24, 2.45) is 17.8 Å². The second-order valence-electron chi connectivity index (χ2n) is 7.83. The van der Waals surface area contributed by atoms with E-state index in [0.717, 1.165) is 17.7 Å². The van der Waals surface area contributed by atoms with Gasteiger partial charge >= 0.3 is 5.97 Å². The number of hydrogen-bond donors (Lipinski definition) is 0. The average molecular weight is 355 g/mol. The van der Waals surface area contributed by atoms with Gasteiger partial charge in [0.25, 0.3) is 0 Å². The standard InChI is InChI=1S/C21H25NO4/c1-4-14-7-5-6-8-15(14)22-12-21-10-9-16(26-21)17(18(21)19(22)23)20(24)25-11-13(2)3/h5-10,13,16-18H,4,11-12H2,1-3H3/t16-,17-,18-,21-/m1/s1. The van der Waals surface area contributed by atoms with Crippen LogP contribution >= 0.6 is 0 Å². The lowest BCUT2D eigenvalue weighted by molar-refractivity contribution is -0.153. The number of amides is 1. The molecule has 0 aromatic heterocycles. The van der Waals surface area contributed by atoms with Crippen molar-refractivity contribution in [3.8, 4) is 0 Å². The Balaban J connectivity index is 1.64. The summed E-state index contributed by atoms with van der Waals surface area (Å²) in [6.45, 7) is 6.88. The van der Waals surface area contributed by atoms with Crippen LogP contribution in [0.3, 0.4) is 0 Å². The molecular formula is C21H25NO4.